The van der Waals surface area contributed by atoms with Crippen molar-refractivity contribution in [2.24, 2.45) is 0 Å². The summed E-state index contributed by atoms with van der Waals surface area (Å²) in [6.45, 7) is 4.14. The van der Waals surface area contributed by atoms with Gasteiger partial charge in [0.1, 0.15) is 0 Å². The maximum atomic E-state index is 12.9. The van der Waals surface area contributed by atoms with Crippen LogP contribution in [0.2, 0.25) is 0 Å². The molecule has 1 aromatic carbocycles. The van der Waals surface area contributed by atoms with E-state index in [4.69, 9.17) is 4.74 Å². The quantitative estimate of drug-likeness (QED) is 0.476. The second kappa shape index (κ2) is 11.6. The lowest BCUT2D eigenvalue weighted by molar-refractivity contribution is -0.155. The molecule has 1 unspecified atom stereocenters. The van der Waals surface area contributed by atoms with Crippen LogP contribution in [0.4, 0.5) is 0 Å². The van der Waals surface area contributed by atoms with Gasteiger partial charge in [0.25, 0.3) is 5.91 Å². The molecule has 0 aliphatic carbocycles. The lowest BCUT2D eigenvalue weighted by atomic mass is 10.2. The molecule has 0 spiro atoms. The van der Waals surface area contributed by atoms with E-state index in [1.807, 2.05) is 0 Å². The highest BCUT2D eigenvalue weighted by molar-refractivity contribution is 7.89. The van der Waals surface area contributed by atoms with Gasteiger partial charge >= 0.3 is 5.97 Å². The second-order valence-electron chi connectivity index (χ2n) is 8.54. The Hall–Kier alpha value is -2.19. The number of hydrogen-bond donors (Lipinski definition) is 0. The fraction of sp³-hybridized carbons (Fsp3) is 0.583. The van der Waals surface area contributed by atoms with E-state index in [2.05, 4.69) is 0 Å². The molecule has 2 aliphatic rings. The number of hydrogen-bond acceptors (Lipinski definition) is 5. The molecule has 0 aromatic heterocycles. The normalized spacial score (nSPS) is 19.8. The molecular weight excluding hydrogens is 428 g/mol. The van der Waals surface area contributed by atoms with Crippen molar-refractivity contribution in [1.29, 1.82) is 0 Å². The Morgan fingerprint density at radius 3 is 1.97 bits per heavy atom. The van der Waals surface area contributed by atoms with E-state index in [-0.39, 0.29) is 10.8 Å². The zero-order valence-corrected chi connectivity index (χ0v) is 19.7. The average molecular weight is 463 g/mol. The molecular formula is C24H34N2O5S. The summed E-state index contributed by atoms with van der Waals surface area (Å²) in [6.07, 6.45) is 10.1. The molecule has 1 amide bonds. The number of nitrogens with zero attached hydrogens (tertiary/aromatic N) is 2. The van der Waals surface area contributed by atoms with E-state index >= 15 is 0 Å². The van der Waals surface area contributed by atoms with Crippen molar-refractivity contribution in [3.8, 4) is 0 Å². The van der Waals surface area contributed by atoms with Crippen LogP contribution >= 0.6 is 0 Å². The van der Waals surface area contributed by atoms with Crippen LogP contribution < -0.4 is 0 Å². The summed E-state index contributed by atoms with van der Waals surface area (Å²) < 4.78 is 32.5. The zero-order valence-electron chi connectivity index (χ0n) is 18.9. The maximum absolute atomic E-state index is 12.9. The number of benzene rings is 1. The first-order chi connectivity index (χ1) is 15.4. The van der Waals surface area contributed by atoms with Crippen LogP contribution in [0.15, 0.2) is 35.2 Å². The molecule has 0 bridgehead atoms. The highest BCUT2D eigenvalue weighted by Crippen LogP contribution is 2.21. The van der Waals surface area contributed by atoms with E-state index in [1.54, 1.807) is 46.5 Å². The molecule has 2 aliphatic heterocycles. The molecule has 8 heteroatoms. The lowest BCUT2D eigenvalue weighted by Crippen LogP contribution is -2.40. The summed E-state index contributed by atoms with van der Waals surface area (Å²) in [5.74, 6) is -0.751. The van der Waals surface area contributed by atoms with Crippen molar-refractivity contribution in [3.63, 3.8) is 0 Å². The van der Waals surface area contributed by atoms with Crippen molar-refractivity contribution in [1.82, 2.24) is 9.21 Å². The highest BCUT2D eigenvalue weighted by Gasteiger charge is 2.25. The number of rotatable bonds is 6. The number of amides is 1. The van der Waals surface area contributed by atoms with Crippen LogP contribution in [0, 0.1) is 0 Å². The van der Waals surface area contributed by atoms with Gasteiger partial charge in [-0.2, -0.15) is 4.31 Å². The maximum Gasteiger partial charge on any atom is 0.331 e. The summed E-state index contributed by atoms with van der Waals surface area (Å²) in [6, 6.07) is 6.47. The summed E-state index contributed by atoms with van der Waals surface area (Å²) in [7, 11) is -3.50. The Bertz CT molecular complexity index is 895. The van der Waals surface area contributed by atoms with Gasteiger partial charge < -0.3 is 9.64 Å². The lowest BCUT2D eigenvalue weighted by Gasteiger charge is -2.23. The largest absolute Gasteiger partial charge is 0.449 e. The van der Waals surface area contributed by atoms with E-state index in [1.165, 1.54) is 6.08 Å². The molecule has 32 heavy (non-hydrogen) atoms. The minimum atomic E-state index is -3.50. The fourth-order valence-corrected chi connectivity index (χ4v) is 5.68. The van der Waals surface area contributed by atoms with Gasteiger partial charge in [-0.15, -0.1) is 0 Å². The Labute approximate surface area is 191 Å². The first-order valence-electron chi connectivity index (χ1n) is 11.7. The third-order valence-corrected chi connectivity index (χ3v) is 7.97. The molecule has 7 nitrogen and oxygen atoms in total. The fourth-order valence-electron chi connectivity index (χ4n) is 4.16. The van der Waals surface area contributed by atoms with Gasteiger partial charge in [-0.1, -0.05) is 37.8 Å². The minimum absolute atomic E-state index is 0.156. The molecule has 1 atom stereocenters. The van der Waals surface area contributed by atoms with E-state index < -0.39 is 22.1 Å². The molecule has 2 heterocycles. The van der Waals surface area contributed by atoms with Gasteiger partial charge in [-0.05, 0) is 56.4 Å². The number of ether oxygens (including phenoxy) is 1. The zero-order chi connectivity index (χ0) is 23.0. The molecule has 0 radical (unpaired) electrons. The first kappa shape index (κ1) is 24.5. The predicted molar refractivity (Wildman–Crippen MR) is 123 cm³/mol. The van der Waals surface area contributed by atoms with E-state index in [9.17, 15) is 18.0 Å². The van der Waals surface area contributed by atoms with Gasteiger partial charge in [-0.25, -0.2) is 13.2 Å². The SMILES string of the molecule is CC(OC(=O)/C=C/c1ccc(S(=O)(=O)N2CCCCCC2)cc1)C(=O)N1CCCCCC1. The van der Waals surface area contributed by atoms with Crippen LogP contribution in [0.1, 0.15) is 63.9 Å². The van der Waals surface area contributed by atoms with E-state index in [0.29, 0.717) is 31.7 Å². The van der Waals surface area contributed by atoms with Crippen molar-refractivity contribution >= 4 is 28.0 Å². The molecule has 2 fully saturated rings. The van der Waals surface area contributed by atoms with Crippen molar-refractivity contribution in [2.45, 2.75) is 69.3 Å². The van der Waals surface area contributed by atoms with Gasteiger partial charge in [0, 0.05) is 32.3 Å². The van der Waals surface area contributed by atoms with Gasteiger partial charge in [0.05, 0.1) is 4.90 Å². The van der Waals surface area contributed by atoms with E-state index in [0.717, 1.165) is 51.4 Å². The molecule has 2 saturated heterocycles. The van der Waals surface area contributed by atoms with Crippen LogP contribution in [0.3, 0.4) is 0 Å². The molecule has 176 valence electrons. The summed E-state index contributed by atoms with van der Waals surface area (Å²) in [5, 5.41) is 0. The van der Waals surface area contributed by atoms with Crippen molar-refractivity contribution < 1.29 is 22.7 Å². The number of likely N-dealkylation sites (tertiary alicyclic amines) is 1. The average Bonchev–Trinajstić information content (AvgIpc) is 3.23. The van der Waals surface area contributed by atoms with Gasteiger partial charge in [0.15, 0.2) is 6.10 Å². The van der Waals surface area contributed by atoms with Gasteiger partial charge in [-0.3, -0.25) is 4.79 Å². The number of carbonyl (C=O) groups excluding carboxylic acids is 2. The Morgan fingerprint density at radius 2 is 1.41 bits per heavy atom. The molecule has 3 rings (SSSR count). The number of sulfonamides is 1. The Kier molecular flexibility index (Phi) is 8.87. The Balaban J connectivity index is 1.55. The molecule has 1 aromatic rings. The standard InChI is InChI=1S/C24H34N2O5S/c1-20(24(28)25-16-6-2-3-7-17-25)31-23(27)15-12-21-10-13-22(14-11-21)32(29,30)26-18-8-4-5-9-19-26/h10-15,20H,2-9,16-19H2,1H3/b15-12+. The number of carbonyl (C=O) groups is 2. The highest BCUT2D eigenvalue weighted by atomic mass is 32.2. The topological polar surface area (TPSA) is 84.0 Å². The second-order valence-corrected chi connectivity index (χ2v) is 10.5. The summed E-state index contributed by atoms with van der Waals surface area (Å²) >= 11 is 0. The third kappa shape index (κ3) is 6.65. The van der Waals surface area contributed by atoms with Crippen molar-refractivity contribution in [2.75, 3.05) is 26.2 Å². The molecule has 0 saturated carbocycles. The first-order valence-corrected chi connectivity index (χ1v) is 13.1. The smallest absolute Gasteiger partial charge is 0.331 e. The minimum Gasteiger partial charge on any atom is -0.449 e. The predicted octanol–water partition coefficient (Wildman–Crippen LogP) is 3.60. The van der Waals surface area contributed by atoms with Crippen LogP contribution in [0.25, 0.3) is 6.08 Å². The van der Waals surface area contributed by atoms with Gasteiger partial charge in [0.2, 0.25) is 10.0 Å². The van der Waals surface area contributed by atoms with Crippen LogP contribution in [0.5, 0.6) is 0 Å². The summed E-state index contributed by atoms with van der Waals surface area (Å²) in [4.78, 5) is 26.7. The Morgan fingerprint density at radius 1 is 0.875 bits per heavy atom. The molecule has 0 N–H and O–H groups in total. The van der Waals surface area contributed by atoms with Crippen LogP contribution in [-0.2, 0) is 24.3 Å². The summed E-state index contributed by atoms with van der Waals surface area (Å²) in [5.41, 5.74) is 0.684. The third-order valence-electron chi connectivity index (χ3n) is 6.05. The number of esters is 1. The monoisotopic (exact) mass is 462 g/mol. The van der Waals surface area contributed by atoms with Crippen LogP contribution in [-0.4, -0.2) is 61.8 Å². The van der Waals surface area contributed by atoms with Crippen molar-refractivity contribution in [3.05, 3.63) is 35.9 Å².